The molecule has 0 unspecified atom stereocenters. The molecule has 124 valence electrons. The van der Waals surface area contributed by atoms with Crippen LogP contribution >= 0.6 is 0 Å². The van der Waals surface area contributed by atoms with Crippen molar-refractivity contribution in [2.24, 2.45) is 35.0 Å². The normalized spacial score (nSPS) is 46.9. The Morgan fingerprint density at radius 1 is 0.682 bits per heavy atom. The quantitative estimate of drug-likeness (QED) is 0.584. The van der Waals surface area contributed by atoms with Crippen molar-refractivity contribution in [3.05, 3.63) is 0 Å². The maximum Gasteiger partial charge on any atom is 0.0692 e. The van der Waals surface area contributed by atoms with Crippen molar-refractivity contribution in [3.8, 4) is 6.07 Å². The van der Waals surface area contributed by atoms with Gasteiger partial charge in [-0.2, -0.15) is 5.26 Å². The van der Waals surface area contributed by atoms with Crippen molar-refractivity contribution in [2.75, 3.05) is 0 Å². The zero-order valence-corrected chi connectivity index (χ0v) is 14.8. The van der Waals surface area contributed by atoms with Crippen LogP contribution in [0, 0.1) is 46.3 Å². The molecule has 22 heavy (non-hydrogen) atoms. The van der Waals surface area contributed by atoms with Crippen LogP contribution in [-0.4, -0.2) is 0 Å². The van der Waals surface area contributed by atoms with Crippen molar-refractivity contribution in [2.45, 2.75) is 90.9 Å². The Bertz CT molecular complexity index is 383. The molecule has 3 saturated carbocycles. The third-order valence-electron chi connectivity index (χ3n) is 7.67. The fourth-order valence-corrected chi connectivity index (χ4v) is 5.81. The van der Waals surface area contributed by atoms with Crippen molar-refractivity contribution < 1.29 is 0 Å². The number of nitriles is 1. The molecule has 0 aliphatic heterocycles. The van der Waals surface area contributed by atoms with Crippen LogP contribution in [0.4, 0.5) is 0 Å². The van der Waals surface area contributed by atoms with Gasteiger partial charge in [0.2, 0.25) is 0 Å². The second-order valence-electron chi connectivity index (χ2n) is 9.08. The van der Waals surface area contributed by atoms with E-state index in [1.807, 2.05) is 0 Å². The molecule has 0 aromatic carbocycles. The number of hydrogen-bond acceptors (Lipinski definition) is 1. The predicted molar refractivity (Wildman–Crippen MR) is 92.2 cm³/mol. The lowest BCUT2D eigenvalue weighted by Gasteiger charge is -2.45. The summed E-state index contributed by atoms with van der Waals surface area (Å²) in [4.78, 5) is 0. The molecule has 0 heterocycles. The summed E-state index contributed by atoms with van der Waals surface area (Å²) < 4.78 is 0. The summed E-state index contributed by atoms with van der Waals surface area (Å²) in [5.74, 6) is 4.49. The molecule has 1 heteroatoms. The smallest absolute Gasteiger partial charge is 0.0692 e. The first-order valence-electron chi connectivity index (χ1n) is 10.0. The van der Waals surface area contributed by atoms with Gasteiger partial charge in [-0.3, -0.25) is 0 Å². The van der Waals surface area contributed by atoms with E-state index in [-0.39, 0.29) is 5.41 Å². The average Bonchev–Trinajstić information content (AvgIpc) is 2.56. The standard InChI is InChI=1S/C21H35N/c1-16-3-7-18(8-4-16)19-11-13-21(15-22,14-12-19)20-9-5-17(2)6-10-20/h16-20H,3-14H2,1-2H3/t16-,17?,18-,19?,20?,21?. The summed E-state index contributed by atoms with van der Waals surface area (Å²) in [6, 6.07) is 2.83. The minimum atomic E-state index is 0.0542. The molecule has 0 spiro atoms. The summed E-state index contributed by atoms with van der Waals surface area (Å²) in [6.45, 7) is 4.80. The van der Waals surface area contributed by atoms with E-state index in [4.69, 9.17) is 0 Å². The van der Waals surface area contributed by atoms with Crippen LogP contribution in [0.5, 0.6) is 0 Å². The van der Waals surface area contributed by atoms with Gasteiger partial charge in [0.05, 0.1) is 11.5 Å². The molecular weight excluding hydrogens is 266 g/mol. The van der Waals surface area contributed by atoms with E-state index in [1.54, 1.807) is 0 Å². The third kappa shape index (κ3) is 3.37. The van der Waals surface area contributed by atoms with Crippen LogP contribution in [0.3, 0.4) is 0 Å². The maximum atomic E-state index is 9.94. The second-order valence-corrected chi connectivity index (χ2v) is 9.08. The van der Waals surface area contributed by atoms with Crippen molar-refractivity contribution in [1.82, 2.24) is 0 Å². The number of rotatable bonds is 2. The fourth-order valence-electron chi connectivity index (χ4n) is 5.81. The second kappa shape index (κ2) is 6.94. The molecule has 0 amide bonds. The van der Waals surface area contributed by atoms with E-state index in [2.05, 4.69) is 19.9 Å². The van der Waals surface area contributed by atoms with Gasteiger partial charge in [0.25, 0.3) is 0 Å². The van der Waals surface area contributed by atoms with E-state index in [1.165, 1.54) is 77.0 Å². The van der Waals surface area contributed by atoms with Gasteiger partial charge in [-0.1, -0.05) is 39.5 Å². The summed E-state index contributed by atoms with van der Waals surface area (Å²) in [7, 11) is 0. The van der Waals surface area contributed by atoms with Gasteiger partial charge in [-0.25, -0.2) is 0 Å². The minimum Gasteiger partial charge on any atom is -0.198 e. The number of nitrogens with zero attached hydrogens (tertiary/aromatic N) is 1. The zero-order chi connectivity index (χ0) is 15.6. The first-order chi connectivity index (χ1) is 10.6. The highest BCUT2D eigenvalue weighted by Crippen LogP contribution is 2.52. The molecule has 0 aromatic rings. The van der Waals surface area contributed by atoms with Crippen LogP contribution in [0.25, 0.3) is 0 Å². The van der Waals surface area contributed by atoms with E-state index in [9.17, 15) is 5.26 Å². The van der Waals surface area contributed by atoms with Crippen molar-refractivity contribution in [3.63, 3.8) is 0 Å². The summed E-state index contributed by atoms with van der Waals surface area (Å²) in [5, 5.41) is 9.94. The molecule has 0 atom stereocenters. The highest BCUT2D eigenvalue weighted by atomic mass is 14.5. The molecule has 3 aliphatic rings. The van der Waals surface area contributed by atoms with Crippen LogP contribution in [0.15, 0.2) is 0 Å². The third-order valence-corrected chi connectivity index (χ3v) is 7.67. The van der Waals surface area contributed by atoms with Gasteiger partial charge >= 0.3 is 0 Å². The first-order valence-corrected chi connectivity index (χ1v) is 10.0. The monoisotopic (exact) mass is 301 g/mol. The molecule has 0 saturated heterocycles. The van der Waals surface area contributed by atoms with Gasteiger partial charge in [0, 0.05) is 0 Å². The van der Waals surface area contributed by atoms with E-state index in [0.29, 0.717) is 5.92 Å². The molecule has 3 rings (SSSR count). The molecule has 1 nitrogen and oxygen atoms in total. The van der Waals surface area contributed by atoms with Gasteiger partial charge in [-0.15, -0.1) is 0 Å². The Morgan fingerprint density at radius 3 is 1.64 bits per heavy atom. The Balaban J connectivity index is 1.56. The molecule has 3 fully saturated rings. The maximum absolute atomic E-state index is 9.94. The minimum absolute atomic E-state index is 0.0542. The Hall–Kier alpha value is -0.510. The molecule has 3 aliphatic carbocycles. The molecule has 0 N–H and O–H groups in total. The summed E-state index contributed by atoms with van der Waals surface area (Å²) in [5.41, 5.74) is 0.0542. The Labute approximate surface area is 137 Å². The highest BCUT2D eigenvalue weighted by molar-refractivity contribution is 5.06. The lowest BCUT2D eigenvalue weighted by atomic mass is 9.58. The van der Waals surface area contributed by atoms with E-state index in [0.717, 1.165) is 23.7 Å². The topological polar surface area (TPSA) is 23.8 Å². The Morgan fingerprint density at radius 2 is 1.14 bits per heavy atom. The van der Waals surface area contributed by atoms with Crippen LogP contribution in [0.2, 0.25) is 0 Å². The first kappa shape index (κ1) is 16.4. The van der Waals surface area contributed by atoms with Gasteiger partial charge < -0.3 is 0 Å². The van der Waals surface area contributed by atoms with Gasteiger partial charge in [-0.05, 0) is 81.0 Å². The van der Waals surface area contributed by atoms with Crippen molar-refractivity contribution >= 4 is 0 Å². The Kier molecular flexibility index (Phi) is 5.16. The molecule has 0 aromatic heterocycles. The van der Waals surface area contributed by atoms with Gasteiger partial charge in [0.15, 0.2) is 0 Å². The molecular formula is C21H35N. The van der Waals surface area contributed by atoms with Crippen molar-refractivity contribution in [1.29, 1.82) is 5.26 Å². The van der Waals surface area contributed by atoms with Gasteiger partial charge in [0.1, 0.15) is 0 Å². The largest absolute Gasteiger partial charge is 0.198 e. The molecule has 0 bridgehead atoms. The molecule has 0 radical (unpaired) electrons. The fraction of sp³-hybridized carbons (Fsp3) is 0.952. The summed E-state index contributed by atoms with van der Waals surface area (Å²) >= 11 is 0. The average molecular weight is 302 g/mol. The van der Waals surface area contributed by atoms with E-state index >= 15 is 0 Å². The SMILES string of the molecule is CC1CCC(C2(C#N)CCC([C@H]3CC[C@H](C)CC3)CC2)CC1. The predicted octanol–water partition coefficient (Wildman–Crippen LogP) is 6.34. The van der Waals surface area contributed by atoms with Crippen LogP contribution in [0.1, 0.15) is 90.9 Å². The highest BCUT2D eigenvalue weighted by Gasteiger charge is 2.44. The summed E-state index contributed by atoms with van der Waals surface area (Å²) in [6.07, 6.45) is 16.3. The lowest BCUT2D eigenvalue weighted by Crippen LogP contribution is -2.37. The van der Waals surface area contributed by atoms with Crippen LogP contribution < -0.4 is 0 Å². The zero-order valence-electron chi connectivity index (χ0n) is 14.8. The number of hydrogen-bond donors (Lipinski definition) is 0. The lowest BCUT2D eigenvalue weighted by molar-refractivity contribution is 0.0641. The van der Waals surface area contributed by atoms with Crippen LogP contribution in [-0.2, 0) is 0 Å². The van der Waals surface area contributed by atoms with E-state index < -0.39 is 0 Å².